The lowest BCUT2D eigenvalue weighted by Gasteiger charge is -2.37. The van der Waals surface area contributed by atoms with Gasteiger partial charge in [-0.2, -0.15) is 5.10 Å². The van der Waals surface area contributed by atoms with Crippen molar-refractivity contribution in [2.24, 2.45) is 0 Å². The molecule has 1 aromatic heterocycles. The highest BCUT2D eigenvalue weighted by Gasteiger charge is 2.29. The fraction of sp³-hybridized carbons (Fsp3) is 0.650. The third kappa shape index (κ3) is 7.16. The Bertz CT molecular complexity index is 756. The van der Waals surface area contributed by atoms with Crippen molar-refractivity contribution in [3.05, 3.63) is 17.8 Å². The third-order valence-corrected chi connectivity index (χ3v) is 4.62. The summed E-state index contributed by atoms with van der Waals surface area (Å²) >= 11 is 0. The van der Waals surface area contributed by atoms with E-state index in [-0.39, 0.29) is 31.2 Å². The van der Waals surface area contributed by atoms with Crippen LogP contribution in [0, 0.1) is 0 Å². The highest BCUT2D eigenvalue weighted by Crippen LogP contribution is 2.22. The number of rotatable bonds is 6. The van der Waals surface area contributed by atoms with Gasteiger partial charge in [-0.25, -0.2) is 4.79 Å². The van der Waals surface area contributed by atoms with Crippen molar-refractivity contribution in [3.63, 3.8) is 0 Å². The van der Waals surface area contributed by atoms with Gasteiger partial charge in [-0.05, 0) is 39.7 Å². The van der Waals surface area contributed by atoms with Crippen LogP contribution in [0.5, 0.6) is 0 Å². The summed E-state index contributed by atoms with van der Waals surface area (Å²) in [6.07, 6.45) is 2.62. The second kappa shape index (κ2) is 10.2. The molecule has 0 aliphatic carbocycles. The van der Waals surface area contributed by atoms with Gasteiger partial charge in [0.15, 0.2) is 5.82 Å². The van der Waals surface area contributed by atoms with Crippen LogP contribution in [0.15, 0.2) is 12.3 Å². The van der Waals surface area contributed by atoms with Crippen LogP contribution in [0.3, 0.4) is 0 Å². The lowest BCUT2D eigenvalue weighted by Crippen LogP contribution is -2.47. The van der Waals surface area contributed by atoms with E-state index in [0.717, 1.165) is 12.8 Å². The Hall–Kier alpha value is -2.91. The van der Waals surface area contributed by atoms with Crippen molar-refractivity contribution < 1.29 is 23.9 Å². The summed E-state index contributed by atoms with van der Waals surface area (Å²) in [6, 6.07) is 1.84. The molecule has 0 unspecified atom stereocenters. The van der Waals surface area contributed by atoms with E-state index < -0.39 is 11.6 Å². The molecule has 0 bridgehead atoms. The highest BCUT2D eigenvalue weighted by atomic mass is 16.6. The summed E-state index contributed by atoms with van der Waals surface area (Å²) in [7, 11) is 1.90. The maximum atomic E-state index is 12.3. The maximum Gasteiger partial charge on any atom is 0.410 e. The molecule has 0 aromatic carbocycles. The molecule has 10 nitrogen and oxygen atoms in total. The summed E-state index contributed by atoms with van der Waals surface area (Å²) < 4.78 is 10.2. The molecule has 2 heterocycles. The van der Waals surface area contributed by atoms with E-state index in [9.17, 15) is 14.4 Å². The number of carbonyl (C=O) groups excluding carboxylic acids is 3. The molecule has 1 aliphatic heterocycles. The molecule has 1 saturated heterocycles. The van der Waals surface area contributed by atoms with Crippen molar-refractivity contribution in [1.29, 1.82) is 0 Å². The maximum absolute atomic E-state index is 12.3. The van der Waals surface area contributed by atoms with Crippen LogP contribution in [0.25, 0.3) is 0 Å². The van der Waals surface area contributed by atoms with E-state index in [1.54, 1.807) is 11.0 Å². The van der Waals surface area contributed by atoms with E-state index in [0.29, 0.717) is 24.5 Å². The van der Waals surface area contributed by atoms with Gasteiger partial charge in [0.25, 0.3) is 5.91 Å². The lowest BCUT2D eigenvalue weighted by molar-refractivity contribution is -0.140. The van der Waals surface area contributed by atoms with Gasteiger partial charge in [0, 0.05) is 33.1 Å². The van der Waals surface area contributed by atoms with Gasteiger partial charge in [0.2, 0.25) is 0 Å². The number of piperidine rings is 1. The molecule has 0 spiro atoms. The molecule has 2 rings (SSSR count). The summed E-state index contributed by atoms with van der Waals surface area (Å²) in [6.45, 7) is 8.38. The van der Waals surface area contributed by atoms with Crippen molar-refractivity contribution in [1.82, 2.24) is 20.4 Å². The number of ether oxygens (including phenoxy) is 2. The number of hydrogen-bond donors (Lipinski definition) is 1. The fourth-order valence-corrected chi connectivity index (χ4v) is 3.06. The molecule has 1 aliphatic rings. The Morgan fingerprint density at radius 3 is 2.53 bits per heavy atom. The first-order valence-corrected chi connectivity index (χ1v) is 10.0. The number of esters is 1. The van der Waals surface area contributed by atoms with Crippen molar-refractivity contribution in [2.75, 3.05) is 38.2 Å². The van der Waals surface area contributed by atoms with Gasteiger partial charge >= 0.3 is 12.1 Å². The molecule has 30 heavy (non-hydrogen) atoms. The zero-order valence-electron chi connectivity index (χ0n) is 18.3. The Morgan fingerprint density at radius 2 is 1.93 bits per heavy atom. The van der Waals surface area contributed by atoms with Crippen LogP contribution in [-0.2, 0) is 14.3 Å². The van der Waals surface area contributed by atoms with Crippen LogP contribution in [-0.4, -0.2) is 78.0 Å². The van der Waals surface area contributed by atoms with Crippen LogP contribution >= 0.6 is 0 Å². The third-order valence-electron chi connectivity index (χ3n) is 4.62. The van der Waals surface area contributed by atoms with Gasteiger partial charge in [-0.1, -0.05) is 0 Å². The largest absolute Gasteiger partial charge is 0.464 e. The Balaban J connectivity index is 1.89. The Kier molecular flexibility index (Phi) is 7.96. The topological polar surface area (TPSA) is 114 Å². The average Bonchev–Trinajstić information content (AvgIpc) is 2.69. The number of aromatic nitrogens is 2. The molecule has 166 valence electrons. The van der Waals surface area contributed by atoms with Gasteiger partial charge in [-0.3, -0.25) is 9.59 Å². The number of nitrogens with one attached hydrogen (secondary N) is 1. The van der Waals surface area contributed by atoms with E-state index in [1.807, 2.05) is 32.7 Å². The lowest BCUT2D eigenvalue weighted by atomic mass is 10.0. The molecule has 1 aromatic rings. The number of nitrogens with zero attached hydrogens (tertiary/aromatic N) is 4. The minimum Gasteiger partial charge on any atom is -0.464 e. The van der Waals surface area contributed by atoms with Crippen molar-refractivity contribution in [2.45, 2.75) is 52.2 Å². The standard InChI is InChI=1S/C20H31N5O5/c1-14(26)29-11-8-21-18(27)15-12-17(23-22-13-15)24(5)16-6-9-25(10-7-16)19(28)30-20(2,3)4/h12-13,16H,6-11H2,1-5H3,(H,21,27). The van der Waals surface area contributed by atoms with Crippen LogP contribution in [0.1, 0.15) is 50.9 Å². The molecule has 1 fully saturated rings. The molecule has 10 heteroatoms. The molecular formula is C20H31N5O5. The van der Waals surface area contributed by atoms with Gasteiger partial charge in [-0.15, -0.1) is 5.10 Å². The molecule has 1 N–H and O–H groups in total. The van der Waals surface area contributed by atoms with Crippen molar-refractivity contribution in [3.8, 4) is 0 Å². The number of hydrogen-bond acceptors (Lipinski definition) is 8. The molecule has 2 amide bonds. The number of anilines is 1. The predicted molar refractivity (Wildman–Crippen MR) is 110 cm³/mol. The summed E-state index contributed by atoms with van der Waals surface area (Å²) in [5.74, 6) is -0.124. The minimum atomic E-state index is -0.514. The van der Waals surface area contributed by atoms with E-state index >= 15 is 0 Å². The van der Waals surface area contributed by atoms with Gasteiger partial charge in [0.1, 0.15) is 12.2 Å². The summed E-state index contributed by atoms with van der Waals surface area (Å²) in [5, 5.41) is 10.8. The van der Waals surface area contributed by atoms with E-state index in [1.165, 1.54) is 13.1 Å². The fourth-order valence-electron chi connectivity index (χ4n) is 3.06. The molecule has 0 atom stereocenters. The number of likely N-dealkylation sites (tertiary alicyclic amines) is 1. The zero-order chi connectivity index (χ0) is 22.3. The molecular weight excluding hydrogens is 390 g/mol. The van der Waals surface area contributed by atoms with Crippen LogP contribution < -0.4 is 10.2 Å². The zero-order valence-corrected chi connectivity index (χ0v) is 18.3. The molecule has 0 saturated carbocycles. The Labute approximate surface area is 176 Å². The first-order chi connectivity index (χ1) is 14.1. The minimum absolute atomic E-state index is 0.114. The van der Waals surface area contributed by atoms with Gasteiger partial charge < -0.3 is 24.6 Å². The Morgan fingerprint density at radius 1 is 1.27 bits per heavy atom. The van der Waals surface area contributed by atoms with Crippen LogP contribution in [0.2, 0.25) is 0 Å². The normalized spacial score (nSPS) is 14.8. The van der Waals surface area contributed by atoms with Crippen LogP contribution in [0.4, 0.5) is 10.6 Å². The quantitative estimate of drug-likeness (QED) is 0.544. The number of amides is 2. The first kappa shape index (κ1) is 23.4. The number of carbonyl (C=O) groups is 3. The second-order valence-corrected chi connectivity index (χ2v) is 8.21. The van der Waals surface area contributed by atoms with Crippen molar-refractivity contribution >= 4 is 23.8 Å². The smallest absolute Gasteiger partial charge is 0.410 e. The molecule has 0 radical (unpaired) electrons. The SMILES string of the molecule is CC(=O)OCCNC(=O)c1cnnc(N(C)C2CCN(C(=O)OC(C)(C)C)CC2)c1. The summed E-state index contributed by atoms with van der Waals surface area (Å²) in [5.41, 5.74) is -0.139. The van der Waals surface area contributed by atoms with E-state index in [2.05, 4.69) is 15.5 Å². The van der Waals surface area contributed by atoms with Gasteiger partial charge in [0.05, 0.1) is 18.3 Å². The van der Waals surface area contributed by atoms with E-state index in [4.69, 9.17) is 9.47 Å². The predicted octanol–water partition coefficient (Wildman–Crippen LogP) is 1.61. The highest BCUT2D eigenvalue weighted by molar-refractivity contribution is 5.94. The second-order valence-electron chi connectivity index (χ2n) is 8.21. The average molecular weight is 421 g/mol. The summed E-state index contributed by atoms with van der Waals surface area (Å²) in [4.78, 5) is 39.0. The first-order valence-electron chi connectivity index (χ1n) is 10.0. The monoisotopic (exact) mass is 421 g/mol.